The van der Waals surface area contributed by atoms with Gasteiger partial charge in [0.05, 0.1) is 11.7 Å². The van der Waals surface area contributed by atoms with E-state index in [9.17, 15) is 0 Å². The second-order valence-corrected chi connectivity index (χ2v) is 9.66. The Balaban J connectivity index is 1.40. The van der Waals surface area contributed by atoms with E-state index in [2.05, 4.69) is 94.4 Å². The summed E-state index contributed by atoms with van der Waals surface area (Å²) in [6, 6.07) is 12.7. The molecule has 8 nitrogen and oxygen atoms in total. The number of aryl methyl sites for hydroxylation is 1. The lowest BCUT2D eigenvalue weighted by molar-refractivity contribution is 0.602. The number of rotatable bonds is 9. The van der Waals surface area contributed by atoms with Gasteiger partial charge in [-0.15, -0.1) is 0 Å². The van der Waals surface area contributed by atoms with Crippen molar-refractivity contribution in [1.29, 1.82) is 0 Å². The fourth-order valence-electron chi connectivity index (χ4n) is 4.53. The third kappa shape index (κ3) is 5.12. The lowest BCUT2D eigenvalue weighted by atomic mass is 10.0. The van der Waals surface area contributed by atoms with Gasteiger partial charge >= 0.3 is 0 Å². The van der Waals surface area contributed by atoms with Gasteiger partial charge in [-0.1, -0.05) is 26.8 Å². The standard InChI is InChI=1S/C28H32N8/c1-5-9-35(16-19(2)3)26-14-24-25(15-29-26)30-17-32-28(24)34-23-7-6-22(20(4)11-23)12-21-8-10-36-27(13-21)31-18-33-36/h6-8,10-11,13-15,17-19H,5,9,12,16H2,1-4H3,(H,30,32,34). The highest BCUT2D eigenvalue weighted by molar-refractivity contribution is 5.91. The van der Waals surface area contributed by atoms with E-state index in [4.69, 9.17) is 4.98 Å². The van der Waals surface area contributed by atoms with Crippen LogP contribution in [0.4, 0.5) is 17.3 Å². The van der Waals surface area contributed by atoms with E-state index in [0.717, 1.165) is 59.8 Å². The number of pyridine rings is 2. The van der Waals surface area contributed by atoms with Gasteiger partial charge in [-0.25, -0.2) is 24.5 Å². The molecule has 5 rings (SSSR count). The molecule has 8 heteroatoms. The largest absolute Gasteiger partial charge is 0.356 e. The van der Waals surface area contributed by atoms with Crippen molar-refractivity contribution in [2.24, 2.45) is 5.92 Å². The van der Waals surface area contributed by atoms with Crippen molar-refractivity contribution < 1.29 is 0 Å². The summed E-state index contributed by atoms with van der Waals surface area (Å²) in [6.07, 6.45) is 8.87. The lowest BCUT2D eigenvalue weighted by Crippen LogP contribution is -2.29. The summed E-state index contributed by atoms with van der Waals surface area (Å²) in [5, 5.41) is 8.66. The first kappa shape index (κ1) is 23.7. The smallest absolute Gasteiger partial charge is 0.155 e. The van der Waals surface area contributed by atoms with Gasteiger partial charge in [0.25, 0.3) is 0 Å². The first-order valence-electron chi connectivity index (χ1n) is 12.5. The summed E-state index contributed by atoms with van der Waals surface area (Å²) in [6.45, 7) is 10.7. The number of anilines is 3. The van der Waals surface area contributed by atoms with E-state index in [0.29, 0.717) is 5.92 Å². The summed E-state index contributed by atoms with van der Waals surface area (Å²) < 4.78 is 1.78. The zero-order valence-corrected chi connectivity index (χ0v) is 21.3. The lowest BCUT2D eigenvalue weighted by Gasteiger charge is -2.25. The minimum atomic E-state index is 0.554. The van der Waals surface area contributed by atoms with Crippen LogP contribution in [0, 0.1) is 12.8 Å². The molecule has 0 atom stereocenters. The first-order chi connectivity index (χ1) is 17.5. The Kier molecular flexibility index (Phi) is 6.75. The van der Waals surface area contributed by atoms with Gasteiger partial charge < -0.3 is 10.2 Å². The molecule has 0 saturated carbocycles. The van der Waals surface area contributed by atoms with Crippen LogP contribution in [0.3, 0.4) is 0 Å². The second-order valence-electron chi connectivity index (χ2n) is 9.66. The molecular weight excluding hydrogens is 448 g/mol. The van der Waals surface area contributed by atoms with Crippen LogP contribution in [0.5, 0.6) is 0 Å². The Morgan fingerprint density at radius 2 is 1.89 bits per heavy atom. The molecule has 0 radical (unpaired) electrons. The van der Waals surface area contributed by atoms with Gasteiger partial charge in [-0.3, -0.25) is 0 Å². The van der Waals surface area contributed by atoms with Crippen LogP contribution in [-0.2, 0) is 6.42 Å². The highest BCUT2D eigenvalue weighted by Crippen LogP contribution is 2.27. The monoisotopic (exact) mass is 480 g/mol. The maximum Gasteiger partial charge on any atom is 0.155 e. The fraction of sp³-hybridized carbons (Fsp3) is 0.321. The summed E-state index contributed by atoms with van der Waals surface area (Å²) in [7, 11) is 0. The predicted molar refractivity (Wildman–Crippen MR) is 145 cm³/mol. The number of nitrogens with one attached hydrogen (secondary N) is 1. The highest BCUT2D eigenvalue weighted by Gasteiger charge is 2.13. The molecule has 0 aliphatic rings. The molecule has 4 heterocycles. The molecule has 4 aromatic heterocycles. The Labute approximate surface area is 211 Å². The van der Waals surface area contributed by atoms with Crippen molar-refractivity contribution >= 4 is 33.9 Å². The average Bonchev–Trinajstić information content (AvgIpc) is 3.33. The second kappa shape index (κ2) is 10.3. The van der Waals surface area contributed by atoms with Gasteiger partial charge in [0.2, 0.25) is 0 Å². The van der Waals surface area contributed by atoms with Crippen molar-refractivity contribution in [3.63, 3.8) is 0 Å². The molecule has 184 valence electrons. The molecule has 5 aromatic rings. The van der Waals surface area contributed by atoms with Crippen LogP contribution in [-0.4, -0.2) is 42.6 Å². The molecule has 0 amide bonds. The van der Waals surface area contributed by atoms with E-state index >= 15 is 0 Å². The van der Waals surface area contributed by atoms with Crippen molar-refractivity contribution in [1.82, 2.24) is 29.5 Å². The van der Waals surface area contributed by atoms with Crippen LogP contribution in [0.2, 0.25) is 0 Å². The third-order valence-corrected chi connectivity index (χ3v) is 6.26. The van der Waals surface area contributed by atoms with Crippen LogP contribution < -0.4 is 10.2 Å². The number of hydrogen-bond donors (Lipinski definition) is 1. The quantitative estimate of drug-likeness (QED) is 0.295. The molecule has 0 aliphatic heterocycles. The molecule has 0 aliphatic carbocycles. The third-order valence-electron chi connectivity index (χ3n) is 6.26. The van der Waals surface area contributed by atoms with Crippen molar-refractivity contribution in [3.05, 3.63) is 78.1 Å². The highest BCUT2D eigenvalue weighted by atomic mass is 15.3. The topological polar surface area (TPSA) is 84.1 Å². The zero-order valence-electron chi connectivity index (χ0n) is 21.3. The van der Waals surface area contributed by atoms with Crippen molar-refractivity contribution in [3.8, 4) is 0 Å². The number of aromatic nitrogens is 6. The van der Waals surface area contributed by atoms with Crippen molar-refractivity contribution in [2.75, 3.05) is 23.3 Å². The summed E-state index contributed by atoms with van der Waals surface area (Å²) in [4.78, 5) is 20.4. The summed E-state index contributed by atoms with van der Waals surface area (Å²) >= 11 is 0. The van der Waals surface area contributed by atoms with E-state index in [-0.39, 0.29) is 0 Å². The molecular formula is C28H32N8. The fourth-order valence-corrected chi connectivity index (χ4v) is 4.53. The number of hydrogen-bond acceptors (Lipinski definition) is 7. The Hall–Kier alpha value is -4.07. The van der Waals surface area contributed by atoms with E-state index in [1.165, 1.54) is 16.7 Å². The molecule has 0 bridgehead atoms. The van der Waals surface area contributed by atoms with Gasteiger partial charge in [-0.05, 0) is 72.7 Å². The molecule has 0 saturated heterocycles. The van der Waals surface area contributed by atoms with Crippen LogP contribution in [0.1, 0.15) is 43.9 Å². The Morgan fingerprint density at radius 3 is 2.69 bits per heavy atom. The molecule has 36 heavy (non-hydrogen) atoms. The zero-order chi connectivity index (χ0) is 25.1. The molecule has 0 unspecified atom stereocenters. The molecule has 0 spiro atoms. The number of fused-ring (bicyclic) bond motifs is 2. The summed E-state index contributed by atoms with van der Waals surface area (Å²) in [5.41, 5.74) is 6.38. The van der Waals surface area contributed by atoms with Gasteiger partial charge in [0.1, 0.15) is 24.3 Å². The average molecular weight is 481 g/mol. The Bertz CT molecular complexity index is 1490. The predicted octanol–water partition coefficient (Wildman–Crippen LogP) is 5.58. The van der Waals surface area contributed by atoms with E-state index < -0.39 is 0 Å². The van der Waals surface area contributed by atoms with E-state index in [1.54, 1.807) is 17.2 Å². The normalized spacial score (nSPS) is 11.5. The maximum absolute atomic E-state index is 4.71. The molecule has 1 aromatic carbocycles. The van der Waals surface area contributed by atoms with Crippen molar-refractivity contribution in [2.45, 2.75) is 40.5 Å². The van der Waals surface area contributed by atoms with Gasteiger partial charge in [0.15, 0.2) is 5.65 Å². The van der Waals surface area contributed by atoms with Crippen LogP contribution >= 0.6 is 0 Å². The van der Waals surface area contributed by atoms with Gasteiger partial charge in [0, 0.05) is 30.4 Å². The molecule has 1 N–H and O–H groups in total. The Morgan fingerprint density at radius 1 is 1.00 bits per heavy atom. The molecule has 0 fully saturated rings. The summed E-state index contributed by atoms with van der Waals surface area (Å²) in [5.74, 6) is 2.31. The maximum atomic E-state index is 4.71. The van der Waals surface area contributed by atoms with E-state index in [1.807, 2.05) is 12.4 Å². The van der Waals surface area contributed by atoms with Gasteiger partial charge in [-0.2, -0.15) is 5.10 Å². The minimum absolute atomic E-state index is 0.554. The number of nitrogens with zero attached hydrogens (tertiary/aromatic N) is 7. The minimum Gasteiger partial charge on any atom is -0.356 e. The SMILES string of the molecule is CCCN(CC(C)C)c1cc2c(Nc3ccc(Cc4ccn5ncnc5c4)c(C)c3)ncnc2cn1. The first-order valence-corrected chi connectivity index (χ1v) is 12.5. The van der Waals surface area contributed by atoms with Crippen LogP contribution in [0.15, 0.2) is 61.4 Å². The number of benzene rings is 1. The van der Waals surface area contributed by atoms with Crippen LogP contribution in [0.25, 0.3) is 16.6 Å².